The van der Waals surface area contributed by atoms with Crippen LogP contribution < -0.4 is 0 Å². The van der Waals surface area contributed by atoms with Crippen molar-refractivity contribution >= 4 is 9.84 Å². The Balaban J connectivity index is 4.09. The molecule has 0 amide bonds. The number of hydrogen-bond donors (Lipinski definition) is 1. The number of sulfone groups is 1. The second kappa shape index (κ2) is 5.98. The third kappa shape index (κ3) is 9.32. The molecular formula is C12H24O4S. The summed E-state index contributed by atoms with van der Waals surface area (Å²) in [5.74, 6) is 0.0337. The Morgan fingerprint density at radius 1 is 1.24 bits per heavy atom. The molecule has 0 spiro atoms. The van der Waals surface area contributed by atoms with E-state index in [2.05, 4.69) is 6.58 Å². The van der Waals surface area contributed by atoms with E-state index in [0.717, 1.165) is 5.41 Å². The van der Waals surface area contributed by atoms with E-state index in [1.54, 1.807) is 13.8 Å². The van der Waals surface area contributed by atoms with E-state index in [-0.39, 0.29) is 5.75 Å². The Morgan fingerprint density at radius 2 is 1.76 bits per heavy atom. The van der Waals surface area contributed by atoms with Crippen molar-refractivity contribution in [3.8, 4) is 0 Å². The van der Waals surface area contributed by atoms with Gasteiger partial charge in [-0.1, -0.05) is 6.58 Å². The Morgan fingerprint density at radius 3 is 2.18 bits per heavy atom. The third-order valence-electron chi connectivity index (χ3n) is 2.45. The molecule has 0 fully saturated rings. The van der Waals surface area contributed by atoms with Gasteiger partial charge in [-0.05, 0) is 40.5 Å². The predicted octanol–water partition coefficient (Wildman–Crippen LogP) is 1.89. The van der Waals surface area contributed by atoms with Crippen LogP contribution in [0.25, 0.3) is 0 Å². The predicted molar refractivity (Wildman–Crippen MR) is 69.5 cm³/mol. The van der Waals surface area contributed by atoms with Crippen molar-refractivity contribution in [3.63, 3.8) is 0 Å². The van der Waals surface area contributed by atoms with Gasteiger partial charge in [0.1, 0.15) is 0 Å². The SMILES string of the molecule is C=CS(=O)(=O)CCC(C)(C)OCCC(C)(C)O. The van der Waals surface area contributed by atoms with Gasteiger partial charge in [-0.15, -0.1) is 0 Å². The second-order valence-electron chi connectivity index (χ2n) is 5.45. The lowest BCUT2D eigenvalue weighted by Crippen LogP contribution is -2.30. The molecule has 0 unspecified atom stereocenters. The highest BCUT2D eigenvalue weighted by atomic mass is 32.2. The van der Waals surface area contributed by atoms with E-state index in [0.29, 0.717) is 19.4 Å². The molecule has 1 N–H and O–H groups in total. The van der Waals surface area contributed by atoms with Gasteiger partial charge in [-0.3, -0.25) is 0 Å². The van der Waals surface area contributed by atoms with Crippen molar-refractivity contribution in [2.45, 2.75) is 51.7 Å². The normalized spacial score (nSPS) is 13.7. The van der Waals surface area contributed by atoms with E-state index >= 15 is 0 Å². The molecule has 5 heteroatoms. The molecule has 0 aromatic carbocycles. The fourth-order valence-electron chi connectivity index (χ4n) is 1.12. The van der Waals surface area contributed by atoms with Gasteiger partial charge in [0.2, 0.25) is 0 Å². The Hall–Kier alpha value is -0.390. The molecule has 0 aliphatic heterocycles. The van der Waals surface area contributed by atoms with Crippen LogP contribution in [0.1, 0.15) is 40.5 Å². The number of rotatable bonds is 8. The fraction of sp³-hybridized carbons (Fsp3) is 0.833. The summed E-state index contributed by atoms with van der Waals surface area (Å²) in [6.45, 7) is 10.8. The Kier molecular flexibility index (Phi) is 5.84. The third-order valence-corrected chi connectivity index (χ3v) is 3.73. The van der Waals surface area contributed by atoms with Crippen molar-refractivity contribution in [2.75, 3.05) is 12.4 Å². The van der Waals surface area contributed by atoms with Crippen LogP contribution in [-0.4, -0.2) is 37.1 Å². The molecule has 102 valence electrons. The summed E-state index contributed by atoms with van der Waals surface area (Å²) in [4.78, 5) is 0. The summed E-state index contributed by atoms with van der Waals surface area (Å²) in [6.07, 6.45) is 0.928. The first-order valence-corrected chi connectivity index (χ1v) is 7.40. The summed E-state index contributed by atoms with van der Waals surface area (Å²) < 4.78 is 28.1. The Bertz CT molecular complexity index is 336. The van der Waals surface area contributed by atoms with Crippen molar-refractivity contribution < 1.29 is 18.3 Å². The van der Waals surface area contributed by atoms with Gasteiger partial charge in [0.05, 0.1) is 23.6 Å². The molecule has 17 heavy (non-hydrogen) atoms. The van der Waals surface area contributed by atoms with E-state index in [4.69, 9.17) is 4.74 Å². The second-order valence-corrected chi connectivity index (χ2v) is 7.52. The first kappa shape index (κ1) is 16.6. The van der Waals surface area contributed by atoms with Gasteiger partial charge < -0.3 is 9.84 Å². The fourth-order valence-corrected chi connectivity index (χ4v) is 2.06. The zero-order chi connectivity index (χ0) is 13.7. The van der Waals surface area contributed by atoms with Gasteiger partial charge in [0, 0.05) is 5.41 Å². The minimum absolute atomic E-state index is 0.0337. The highest BCUT2D eigenvalue weighted by molar-refractivity contribution is 7.94. The lowest BCUT2D eigenvalue weighted by molar-refractivity contribution is -0.0470. The maximum atomic E-state index is 11.3. The van der Waals surface area contributed by atoms with Crippen LogP contribution in [-0.2, 0) is 14.6 Å². The smallest absolute Gasteiger partial charge is 0.171 e. The van der Waals surface area contributed by atoms with Crippen LogP contribution in [0.3, 0.4) is 0 Å². The van der Waals surface area contributed by atoms with Crippen LogP contribution in [0.4, 0.5) is 0 Å². The minimum atomic E-state index is -3.17. The summed E-state index contributed by atoms with van der Waals surface area (Å²) >= 11 is 0. The van der Waals surface area contributed by atoms with Crippen LogP contribution in [0.2, 0.25) is 0 Å². The first-order chi connectivity index (χ1) is 7.47. The molecule has 0 heterocycles. The largest absolute Gasteiger partial charge is 0.390 e. The van der Waals surface area contributed by atoms with Gasteiger partial charge in [-0.25, -0.2) is 8.42 Å². The summed E-state index contributed by atoms with van der Waals surface area (Å²) in [5.41, 5.74) is -1.27. The monoisotopic (exact) mass is 264 g/mol. The van der Waals surface area contributed by atoms with E-state index in [9.17, 15) is 13.5 Å². The Labute approximate surface area is 105 Å². The van der Waals surface area contributed by atoms with Crippen LogP contribution in [0.5, 0.6) is 0 Å². The van der Waals surface area contributed by atoms with Crippen LogP contribution in [0.15, 0.2) is 12.0 Å². The quantitative estimate of drug-likeness (QED) is 0.727. The van der Waals surface area contributed by atoms with Gasteiger partial charge in [0.15, 0.2) is 9.84 Å². The molecule has 0 bridgehead atoms. The zero-order valence-electron chi connectivity index (χ0n) is 11.2. The van der Waals surface area contributed by atoms with Crippen molar-refractivity contribution in [3.05, 3.63) is 12.0 Å². The van der Waals surface area contributed by atoms with Gasteiger partial charge in [0.25, 0.3) is 0 Å². The lowest BCUT2D eigenvalue weighted by atomic mass is 10.0. The average molecular weight is 264 g/mol. The number of aliphatic hydroxyl groups is 1. The molecule has 0 radical (unpaired) electrons. The van der Waals surface area contributed by atoms with Gasteiger partial charge in [-0.2, -0.15) is 0 Å². The topological polar surface area (TPSA) is 63.6 Å². The van der Waals surface area contributed by atoms with Crippen molar-refractivity contribution in [1.29, 1.82) is 0 Å². The maximum absolute atomic E-state index is 11.3. The molecule has 0 aliphatic carbocycles. The molecule has 0 saturated heterocycles. The van der Waals surface area contributed by atoms with E-state index in [1.165, 1.54) is 0 Å². The summed E-state index contributed by atoms with van der Waals surface area (Å²) in [6, 6.07) is 0. The number of ether oxygens (including phenoxy) is 1. The molecular weight excluding hydrogens is 240 g/mol. The molecule has 0 atom stereocenters. The number of hydrogen-bond acceptors (Lipinski definition) is 4. The average Bonchev–Trinajstić information content (AvgIpc) is 2.13. The first-order valence-electron chi connectivity index (χ1n) is 5.69. The molecule has 0 aromatic rings. The van der Waals surface area contributed by atoms with E-state index in [1.807, 2.05) is 13.8 Å². The maximum Gasteiger partial charge on any atom is 0.171 e. The highest BCUT2D eigenvalue weighted by Gasteiger charge is 2.22. The molecule has 4 nitrogen and oxygen atoms in total. The summed E-state index contributed by atoms with van der Waals surface area (Å²) in [5, 5.41) is 10.5. The van der Waals surface area contributed by atoms with Gasteiger partial charge >= 0.3 is 0 Å². The van der Waals surface area contributed by atoms with Crippen molar-refractivity contribution in [1.82, 2.24) is 0 Å². The van der Waals surface area contributed by atoms with Crippen molar-refractivity contribution in [2.24, 2.45) is 0 Å². The highest BCUT2D eigenvalue weighted by Crippen LogP contribution is 2.18. The lowest BCUT2D eigenvalue weighted by Gasteiger charge is -2.27. The van der Waals surface area contributed by atoms with E-state index < -0.39 is 21.0 Å². The molecule has 0 saturated carbocycles. The van der Waals surface area contributed by atoms with Crippen LogP contribution >= 0.6 is 0 Å². The zero-order valence-corrected chi connectivity index (χ0v) is 12.0. The standard InChI is InChI=1S/C12H24O4S/c1-6-17(14,15)10-8-12(4,5)16-9-7-11(2,3)13/h6,13H,1,7-10H2,2-5H3. The van der Waals surface area contributed by atoms with Crippen LogP contribution in [0, 0.1) is 0 Å². The molecule has 0 aliphatic rings. The minimum Gasteiger partial charge on any atom is -0.390 e. The summed E-state index contributed by atoms with van der Waals surface area (Å²) in [7, 11) is -3.17. The molecule has 0 aromatic heterocycles. The molecule has 0 rings (SSSR count).